The van der Waals surface area contributed by atoms with Crippen LogP contribution in [0.2, 0.25) is 5.02 Å². The van der Waals surface area contributed by atoms with E-state index < -0.39 is 0 Å². The summed E-state index contributed by atoms with van der Waals surface area (Å²) in [7, 11) is 0. The number of hydrogen-bond donors (Lipinski definition) is 2. The van der Waals surface area contributed by atoms with Crippen LogP contribution in [0.25, 0.3) is 20.7 Å². The normalized spacial score (nSPS) is 11.1. The molecule has 0 unspecified atom stereocenters. The Morgan fingerprint density at radius 3 is 2.93 bits per heavy atom. The minimum absolute atomic E-state index is 0.125. The average Bonchev–Trinajstić information content (AvgIpc) is 3.35. The van der Waals surface area contributed by atoms with Crippen molar-refractivity contribution in [2.24, 2.45) is 0 Å². The van der Waals surface area contributed by atoms with Crippen LogP contribution >= 0.6 is 46.0 Å². The van der Waals surface area contributed by atoms with Crippen molar-refractivity contribution in [3.05, 3.63) is 67.9 Å². The second-order valence-electron chi connectivity index (χ2n) is 6.27. The van der Waals surface area contributed by atoms with Crippen molar-refractivity contribution in [1.82, 2.24) is 9.97 Å². The molecule has 0 saturated heterocycles. The average molecular weight is 462 g/mol. The Labute approximate surface area is 184 Å². The molecule has 0 saturated carbocycles. The second-order valence-corrected chi connectivity index (χ2v) is 9.47. The van der Waals surface area contributed by atoms with Gasteiger partial charge in [-0.05, 0) is 36.1 Å². The topological polar surface area (TPSA) is 74.8 Å². The first-order valence-corrected chi connectivity index (χ1v) is 12.0. The molecule has 29 heavy (non-hydrogen) atoms. The van der Waals surface area contributed by atoms with E-state index in [4.69, 9.17) is 11.6 Å². The molecule has 3 heterocycles. The summed E-state index contributed by atoms with van der Waals surface area (Å²) in [5, 5.41) is 8.06. The van der Waals surface area contributed by atoms with Gasteiger partial charge in [0.1, 0.15) is 10.7 Å². The summed E-state index contributed by atoms with van der Waals surface area (Å²) in [6.45, 7) is 1.86. The van der Waals surface area contributed by atoms with Crippen molar-refractivity contribution in [2.75, 3.05) is 11.1 Å². The highest BCUT2D eigenvalue weighted by atomic mass is 35.5. The number of rotatable bonds is 6. The van der Waals surface area contributed by atoms with Gasteiger partial charge in [-0.1, -0.05) is 23.7 Å². The Bertz CT molecular complexity index is 1230. The predicted molar refractivity (Wildman–Crippen MR) is 125 cm³/mol. The van der Waals surface area contributed by atoms with Gasteiger partial charge in [0.05, 0.1) is 16.9 Å². The molecule has 5 nitrogen and oxygen atoms in total. The third kappa shape index (κ3) is 4.40. The Kier molecular flexibility index (Phi) is 6.05. The number of benzene rings is 1. The number of H-pyrrole nitrogens is 1. The number of fused-ring (bicyclic) bond motifs is 1. The number of hydrogen-bond acceptors (Lipinski definition) is 6. The maximum Gasteiger partial charge on any atom is 0.260 e. The van der Waals surface area contributed by atoms with E-state index in [1.54, 1.807) is 23.5 Å². The van der Waals surface area contributed by atoms with Gasteiger partial charge in [-0.2, -0.15) is 0 Å². The van der Waals surface area contributed by atoms with Gasteiger partial charge in [0.25, 0.3) is 5.56 Å². The molecule has 0 aliphatic carbocycles. The third-order valence-corrected chi connectivity index (χ3v) is 7.42. The number of carbonyl (C=O) groups excluding carboxylic acids is 1. The highest BCUT2D eigenvalue weighted by Gasteiger charge is 2.14. The Morgan fingerprint density at radius 2 is 2.14 bits per heavy atom. The van der Waals surface area contributed by atoms with E-state index in [0.29, 0.717) is 32.5 Å². The Morgan fingerprint density at radius 1 is 1.28 bits per heavy atom. The molecule has 1 aromatic carbocycles. The number of halogens is 1. The Balaban J connectivity index is 1.42. The minimum Gasteiger partial charge on any atom is -0.325 e. The van der Waals surface area contributed by atoms with Gasteiger partial charge in [0.2, 0.25) is 5.91 Å². The molecule has 9 heteroatoms. The minimum atomic E-state index is -0.144. The summed E-state index contributed by atoms with van der Waals surface area (Å²) in [5.41, 5.74) is 2.32. The summed E-state index contributed by atoms with van der Waals surface area (Å²) < 4.78 is 0. The Hall–Kier alpha value is -2.13. The summed E-state index contributed by atoms with van der Waals surface area (Å²) in [4.78, 5) is 34.0. The zero-order chi connectivity index (χ0) is 20.4. The van der Waals surface area contributed by atoms with E-state index in [-0.39, 0.29) is 17.2 Å². The quantitative estimate of drug-likeness (QED) is 0.395. The number of amides is 1. The van der Waals surface area contributed by atoms with Crippen molar-refractivity contribution in [3.8, 4) is 10.4 Å². The molecular formula is C20H16ClN3O2S3. The monoisotopic (exact) mass is 461 g/mol. The number of nitrogens with one attached hydrogen (secondary N) is 2. The van der Waals surface area contributed by atoms with Crippen LogP contribution in [0.5, 0.6) is 0 Å². The van der Waals surface area contributed by atoms with Crippen LogP contribution in [0, 0.1) is 6.92 Å². The van der Waals surface area contributed by atoms with E-state index >= 15 is 0 Å². The highest BCUT2D eigenvalue weighted by Crippen LogP contribution is 2.33. The first-order chi connectivity index (χ1) is 14.0. The number of thiophene rings is 2. The molecule has 2 N–H and O–H groups in total. The van der Waals surface area contributed by atoms with Gasteiger partial charge in [0, 0.05) is 26.5 Å². The molecule has 0 bridgehead atoms. The molecule has 0 spiro atoms. The highest BCUT2D eigenvalue weighted by molar-refractivity contribution is 7.99. The van der Waals surface area contributed by atoms with Crippen LogP contribution in [0.3, 0.4) is 0 Å². The maximum atomic E-state index is 12.6. The maximum absolute atomic E-state index is 12.6. The molecule has 0 aliphatic rings. The van der Waals surface area contributed by atoms with Crippen LogP contribution in [-0.4, -0.2) is 21.6 Å². The first kappa shape index (κ1) is 20.2. The molecule has 3 aromatic heterocycles. The van der Waals surface area contributed by atoms with Crippen LogP contribution in [0.15, 0.2) is 45.9 Å². The van der Waals surface area contributed by atoms with Gasteiger partial charge < -0.3 is 10.3 Å². The lowest BCUT2D eigenvalue weighted by molar-refractivity contribution is -0.113. The summed E-state index contributed by atoms with van der Waals surface area (Å²) in [5.74, 6) is 1.14. The van der Waals surface area contributed by atoms with E-state index in [0.717, 1.165) is 16.0 Å². The van der Waals surface area contributed by atoms with Gasteiger partial charge in [-0.15, -0.1) is 34.4 Å². The molecule has 4 rings (SSSR count). The lowest BCUT2D eigenvalue weighted by atomic mass is 10.2. The fraction of sp³-hybridized carbons (Fsp3) is 0.150. The number of aromatic nitrogens is 2. The molecule has 0 aliphatic heterocycles. The first-order valence-electron chi connectivity index (χ1n) is 8.70. The SMILES string of the molecule is Cc1c(Cl)cccc1NC(=O)CSCc1nc2scc(-c3cccs3)c2c(=O)[nH]1. The smallest absolute Gasteiger partial charge is 0.260 e. The molecule has 0 atom stereocenters. The van der Waals surface area contributed by atoms with Gasteiger partial charge in [0.15, 0.2) is 0 Å². The molecule has 148 valence electrons. The van der Waals surface area contributed by atoms with E-state index in [1.165, 1.54) is 23.1 Å². The summed E-state index contributed by atoms with van der Waals surface area (Å²) in [6.07, 6.45) is 0. The number of thioether (sulfide) groups is 1. The largest absolute Gasteiger partial charge is 0.325 e. The zero-order valence-corrected chi connectivity index (χ0v) is 18.5. The molecular weight excluding hydrogens is 446 g/mol. The number of aromatic amines is 1. The van der Waals surface area contributed by atoms with E-state index in [9.17, 15) is 9.59 Å². The number of anilines is 1. The van der Waals surface area contributed by atoms with E-state index in [1.807, 2.05) is 35.9 Å². The van der Waals surface area contributed by atoms with Crippen molar-refractivity contribution in [2.45, 2.75) is 12.7 Å². The molecule has 0 fully saturated rings. The summed E-state index contributed by atoms with van der Waals surface area (Å²) >= 11 is 10.5. The second kappa shape index (κ2) is 8.71. The fourth-order valence-electron chi connectivity index (χ4n) is 2.84. The van der Waals surface area contributed by atoms with Crippen LogP contribution < -0.4 is 10.9 Å². The zero-order valence-electron chi connectivity index (χ0n) is 15.3. The molecule has 0 radical (unpaired) electrons. The summed E-state index contributed by atoms with van der Waals surface area (Å²) in [6, 6.07) is 9.36. The fourth-order valence-corrected chi connectivity index (χ4v) is 5.49. The van der Waals surface area contributed by atoms with Gasteiger partial charge in [-0.25, -0.2) is 4.98 Å². The molecule has 4 aromatic rings. The van der Waals surface area contributed by atoms with Crippen molar-refractivity contribution < 1.29 is 4.79 Å². The van der Waals surface area contributed by atoms with Crippen LogP contribution in [-0.2, 0) is 10.5 Å². The van der Waals surface area contributed by atoms with Crippen molar-refractivity contribution in [1.29, 1.82) is 0 Å². The van der Waals surface area contributed by atoms with E-state index in [2.05, 4.69) is 15.3 Å². The standard InChI is InChI=1S/C20H16ClN3O2S3/c1-11-13(21)4-2-5-14(11)22-17(25)10-27-9-16-23-19(26)18-12(8-29-20(18)24-16)15-6-3-7-28-15/h2-8H,9-10H2,1H3,(H,22,25)(H,23,24,26). The number of carbonyl (C=O) groups is 1. The predicted octanol–water partition coefficient (Wildman–Crippen LogP) is 5.55. The number of nitrogens with zero attached hydrogens (tertiary/aromatic N) is 1. The van der Waals surface area contributed by atoms with Crippen molar-refractivity contribution in [3.63, 3.8) is 0 Å². The third-order valence-electron chi connectivity index (χ3n) is 4.29. The molecule has 1 amide bonds. The van der Waals surface area contributed by atoms with Gasteiger partial charge >= 0.3 is 0 Å². The van der Waals surface area contributed by atoms with Gasteiger partial charge in [-0.3, -0.25) is 9.59 Å². The van der Waals surface area contributed by atoms with Crippen molar-refractivity contribution >= 4 is 67.8 Å². The van der Waals surface area contributed by atoms with Crippen LogP contribution in [0.1, 0.15) is 11.4 Å². The lowest BCUT2D eigenvalue weighted by Crippen LogP contribution is -2.16. The van der Waals surface area contributed by atoms with Crippen LogP contribution in [0.4, 0.5) is 5.69 Å². The lowest BCUT2D eigenvalue weighted by Gasteiger charge is -2.09.